The molecule has 0 bridgehead atoms. The van der Waals surface area contributed by atoms with E-state index in [1.165, 1.54) is 0 Å². The largest absolute Gasteiger partial charge is 0.485 e. The minimum Gasteiger partial charge on any atom is -0.485 e. The second kappa shape index (κ2) is 5.40. The highest BCUT2D eigenvalue weighted by Crippen LogP contribution is 2.20. The van der Waals surface area contributed by atoms with Crippen LogP contribution in [0.15, 0.2) is 36.4 Å². The zero-order valence-corrected chi connectivity index (χ0v) is 12.0. The average Bonchev–Trinajstić information content (AvgIpc) is 2.89. The minimum absolute atomic E-state index is 0.370. The number of rotatable bonds is 4. The second-order valence-corrected chi connectivity index (χ2v) is 5.14. The highest BCUT2D eigenvalue weighted by atomic mass is 16.5. The Bertz CT molecular complexity index is 806. The van der Waals surface area contributed by atoms with E-state index in [0.717, 1.165) is 40.0 Å². The zero-order valence-electron chi connectivity index (χ0n) is 12.0. The van der Waals surface area contributed by atoms with Crippen molar-refractivity contribution < 1.29 is 9.53 Å². The predicted molar refractivity (Wildman–Crippen MR) is 81.7 cm³/mol. The van der Waals surface area contributed by atoms with Crippen molar-refractivity contribution in [2.75, 3.05) is 0 Å². The van der Waals surface area contributed by atoms with Gasteiger partial charge >= 0.3 is 0 Å². The molecule has 0 radical (unpaired) electrons. The molecule has 0 atom stereocenters. The molecule has 1 heterocycles. The summed E-state index contributed by atoms with van der Waals surface area (Å²) >= 11 is 0. The molecule has 106 valence electrons. The SMILES string of the molecule is Cc1ccc(C)c(OCc2nc3ccc(C=O)cc3[nH]2)c1. The van der Waals surface area contributed by atoms with Crippen LogP contribution in [0.3, 0.4) is 0 Å². The lowest BCUT2D eigenvalue weighted by atomic mass is 10.1. The second-order valence-electron chi connectivity index (χ2n) is 5.14. The molecule has 0 aliphatic heterocycles. The molecule has 0 saturated carbocycles. The number of ether oxygens (including phenoxy) is 1. The van der Waals surface area contributed by atoms with E-state index in [2.05, 4.69) is 16.0 Å². The molecule has 3 aromatic rings. The van der Waals surface area contributed by atoms with Gasteiger partial charge in [0.2, 0.25) is 0 Å². The number of benzene rings is 2. The number of nitrogens with zero attached hydrogens (tertiary/aromatic N) is 1. The predicted octanol–water partition coefficient (Wildman–Crippen LogP) is 3.57. The van der Waals surface area contributed by atoms with E-state index in [-0.39, 0.29) is 0 Å². The Morgan fingerprint density at radius 2 is 2.05 bits per heavy atom. The van der Waals surface area contributed by atoms with Gasteiger partial charge in [0.25, 0.3) is 0 Å². The standard InChI is InChI=1S/C17H16N2O2/c1-11-3-4-12(2)16(7-11)21-10-17-18-14-6-5-13(9-20)8-15(14)19-17/h3-9H,10H2,1-2H3,(H,18,19). The van der Waals surface area contributed by atoms with Crippen molar-refractivity contribution in [3.8, 4) is 5.75 Å². The molecule has 0 unspecified atom stereocenters. The summed E-state index contributed by atoms with van der Waals surface area (Å²) in [4.78, 5) is 18.4. The Kier molecular flexibility index (Phi) is 3.44. The third-order valence-electron chi connectivity index (χ3n) is 3.40. The molecule has 4 nitrogen and oxygen atoms in total. The number of aromatic nitrogens is 2. The molecule has 21 heavy (non-hydrogen) atoms. The molecule has 1 N–H and O–H groups in total. The van der Waals surface area contributed by atoms with Gasteiger partial charge in [-0.1, -0.05) is 12.1 Å². The smallest absolute Gasteiger partial charge is 0.150 e. The number of aromatic amines is 1. The van der Waals surface area contributed by atoms with Crippen LogP contribution in [-0.4, -0.2) is 16.3 Å². The van der Waals surface area contributed by atoms with Gasteiger partial charge in [-0.25, -0.2) is 4.98 Å². The molecule has 0 fully saturated rings. The summed E-state index contributed by atoms with van der Waals surface area (Å²) in [5.74, 6) is 1.61. The summed E-state index contributed by atoms with van der Waals surface area (Å²) in [5.41, 5.74) is 4.57. The Morgan fingerprint density at radius 1 is 1.19 bits per heavy atom. The first-order valence-corrected chi connectivity index (χ1v) is 6.79. The van der Waals surface area contributed by atoms with E-state index in [1.807, 2.05) is 32.0 Å². The first-order valence-electron chi connectivity index (χ1n) is 6.79. The summed E-state index contributed by atoms with van der Waals surface area (Å²) in [5, 5.41) is 0. The number of fused-ring (bicyclic) bond motifs is 1. The van der Waals surface area contributed by atoms with Gasteiger partial charge < -0.3 is 9.72 Å². The number of carbonyl (C=O) groups excluding carboxylic acids is 1. The van der Waals surface area contributed by atoms with Crippen LogP contribution in [-0.2, 0) is 6.61 Å². The fraction of sp³-hybridized carbons (Fsp3) is 0.176. The van der Waals surface area contributed by atoms with Gasteiger partial charge in [0.05, 0.1) is 11.0 Å². The van der Waals surface area contributed by atoms with E-state index < -0.39 is 0 Å². The van der Waals surface area contributed by atoms with Crippen LogP contribution < -0.4 is 4.74 Å². The van der Waals surface area contributed by atoms with Crippen LogP contribution in [0.2, 0.25) is 0 Å². The number of nitrogens with one attached hydrogen (secondary N) is 1. The molecule has 2 aromatic carbocycles. The van der Waals surface area contributed by atoms with Crippen LogP contribution in [0.5, 0.6) is 5.75 Å². The fourth-order valence-electron chi connectivity index (χ4n) is 2.23. The summed E-state index contributed by atoms with van der Waals surface area (Å²) in [6, 6.07) is 11.5. The summed E-state index contributed by atoms with van der Waals surface area (Å²) in [6.07, 6.45) is 0.826. The van der Waals surface area contributed by atoms with Crippen LogP contribution in [0, 0.1) is 13.8 Å². The molecule has 4 heteroatoms. The maximum absolute atomic E-state index is 10.8. The molecule has 0 aliphatic carbocycles. The molecular formula is C17H16N2O2. The number of aldehydes is 1. The van der Waals surface area contributed by atoms with Crippen LogP contribution >= 0.6 is 0 Å². The van der Waals surface area contributed by atoms with Gasteiger partial charge in [-0.05, 0) is 49.2 Å². The average molecular weight is 280 g/mol. The maximum atomic E-state index is 10.8. The van der Waals surface area contributed by atoms with Gasteiger partial charge in [-0.15, -0.1) is 0 Å². The van der Waals surface area contributed by atoms with Crippen molar-refractivity contribution in [1.29, 1.82) is 0 Å². The van der Waals surface area contributed by atoms with Crippen LogP contribution in [0.25, 0.3) is 11.0 Å². The van der Waals surface area contributed by atoms with Gasteiger partial charge in [-0.3, -0.25) is 4.79 Å². The molecule has 1 aromatic heterocycles. The number of hydrogen-bond donors (Lipinski definition) is 1. The van der Waals surface area contributed by atoms with Crippen LogP contribution in [0.4, 0.5) is 0 Å². The maximum Gasteiger partial charge on any atom is 0.150 e. The fourth-order valence-corrected chi connectivity index (χ4v) is 2.23. The number of H-pyrrole nitrogens is 1. The van der Waals surface area contributed by atoms with Crippen LogP contribution in [0.1, 0.15) is 27.3 Å². The van der Waals surface area contributed by atoms with Crippen molar-refractivity contribution in [3.63, 3.8) is 0 Å². The Balaban J connectivity index is 1.81. The van der Waals surface area contributed by atoms with Crippen molar-refractivity contribution in [2.24, 2.45) is 0 Å². The van der Waals surface area contributed by atoms with E-state index in [9.17, 15) is 4.79 Å². The van der Waals surface area contributed by atoms with Crippen molar-refractivity contribution >= 4 is 17.3 Å². The monoisotopic (exact) mass is 280 g/mol. The van der Waals surface area contributed by atoms with E-state index >= 15 is 0 Å². The zero-order chi connectivity index (χ0) is 14.8. The van der Waals surface area contributed by atoms with Gasteiger partial charge in [0.15, 0.2) is 0 Å². The highest BCUT2D eigenvalue weighted by Gasteiger charge is 2.06. The van der Waals surface area contributed by atoms with Crippen molar-refractivity contribution in [3.05, 3.63) is 58.9 Å². The topological polar surface area (TPSA) is 55.0 Å². The van der Waals surface area contributed by atoms with Gasteiger partial charge in [-0.2, -0.15) is 0 Å². The lowest BCUT2D eigenvalue weighted by Gasteiger charge is -2.08. The Hall–Kier alpha value is -2.62. The lowest BCUT2D eigenvalue weighted by Crippen LogP contribution is -1.99. The quantitative estimate of drug-likeness (QED) is 0.743. The Labute approximate surface area is 122 Å². The number of hydrogen-bond acceptors (Lipinski definition) is 3. The number of aryl methyl sites for hydroxylation is 2. The summed E-state index contributed by atoms with van der Waals surface area (Å²) in [7, 11) is 0. The van der Waals surface area contributed by atoms with E-state index in [1.54, 1.807) is 12.1 Å². The molecule has 0 aliphatic rings. The summed E-state index contributed by atoms with van der Waals surface area (Å²) < 4.78 is 5.83. The Morgan fingerprint density at radius 3 is 2.86 bits per heavy atom. The molecule has 0 spiro atoms. The third-order valence-corrected chi connectivity index (χ3v) is 3.40. The van der Waals surface area contributed by atoms with Crippen molar-refractivity contribution in [2.45, 2.75) is 20.5 Å². The van der Waals surface area contributed by atoms with Crippen molar-refractivity contribution in [1.82, 2.24) is 9.97 Å². The van der Waals surface area contributed by atoms with E-state index in [4.69, 9.17) is 4.74 Å². The van der Waals surface area contributed by atoms with Gasteiger partial charge in [0.1, 0.15) is 24.5 Å². The molecular weight excluding hydrogens is 264 g/mol. The van der Waals surface area contributed by atoms with Gasteiger partial charge in [0, 0.05) is 5.56 Å². The first-order chi connectivity index (χ1) is 10.2. The lowest BCUT2D eigenvalue weighted by molar-refractivity contribution is 0.112. The minimum atomic E-state index is 0.370. The number of carbonyl (C=O) groups is 1. The first kappa shape index (κ1) is 13.4. The third kappa shape index (κ3) is 2.79. The molecule has 3 rings (SSSR count). The van der Waals surface area contributed by atoms with E-state index in [0.29, 0.717) is 12.2 Å². The normalized spacial score (nSPS) is 10.8. The summed E-state index contributed by atoms with van der Waals surface area (Å²) in [6.45, 7) is 4.42. The highest BCUT2D eigenvalue weighted by molar-refractivity contribution is 5.84. The number of imidazole rings is 1. The molecule has 0 amide bonds. The molecule has 0 saturated heterocycles.